The summed E-state index contributed by atoms with van der Waals surface area (Å²) in [6, 6.07) is 18.1. The van der Waals surface area contributed by atoms with Crippen molar-refractivity contribution >= 4 is 22.7 Å². The van der Waals surface area contributed by atoms with E-state index in [0.29, 0.717) is 31.1 Å². The standard InChI is InChI=1S/C35H34F6N4O2/c36-34(37,38)27-16-25(17-28(19-27)35(39,40)41)33(47)45-15-14-43(21-29(45)18-26-20-42-31-9-5-4-8-30(26)31)22-32(46)44-12-10-24(11-13-44)23-6-2-1-3-7-23/h1-9,16-17,19-20,24,29,42H,10-15,18,21-22H2/t29-/m1/s1. The number of halogens is 6. The summed E-state index contributed by atoms with van der Waals surface area (Å²) < 4.78 is 81.7. The Morgan fingerprint density at radius 2 is 1.43 bits per heavy atom. The molecule has 0 radical (unpaired) electrons. The van der Waals surface area contributed by atoms with Crippen LogP contribution in [0.3, 0.4) is 0 Å². The third-order valence-corrected chi connectivity index (χ3v) is 9.27. The second-order valence-corrected chi connectivity index (χ2v) is 12.3. The van der Waals surface area contributed by atoms with E-state index in [1.54, 1.807) is 6.20 Å². The van der Waals surface area contributed by atoms with Crippen molar-refractivity contribution < 1.29 is 35.9 Å². The molecule has 1 atom stereocenters. The quantitative estimate of drug-likeness (QED) is 0.228. The van der Waals surface area contributed by atoms with Crippen LogP contribution in [0.5, 0.6) is 0 Å². The van der Waals surface area contributed by atoms with Gasteiger partial charge in [0.05, 0.1) is 17.7 Å². The number of hydrogen-bond acceptors (Lipinski definition) is 3. The molecule has 6 rings (SSSR count). The first-order chi connectivity index (χ1) is 22.4. The van der Waals surface area contributed by atoms with Crippen molar-refractivity contribution in [3.63, 3.8) is 0 Å². The van der Waals surface area contributed by atoms with Crippen LogP contribution in [-0.2, 0) is 23.6 Å². The molecule has 4 aromatic rings. The van der Waals surface area contributed by atoms with Crippen LogP contribution in [0.1, 0.15) is 51.4 Å². The number of para-hydroxylation sites is 1. The van der Waals surface area contributed by atoms with Gasteiger partial charge in [0.25, 0.3) is 5.91 Å². The van der Waals surface area contributed by atoms with Gasteiger partial charge in [-0.15, -0.1) is 0 Å². The Hall–Kier alpha value is -4.32. The Kier molecular flexibility index (Phi) is 9.06. The second kappa shape index (κ2) is 13.1. The molecular weight excluding hydrogens is 622 g/mol. The number of likely N-dealkylation sites (tertiary alicyclic amines) is 1. The number of carbonyl (C=O) groups excluding carboxylic acids is 2. The predicted molar refractivity (Wildman–Crippen MR) is 165 cm³/mol. The Bertz CT molecular complexity index is 1700. The van der Waals surface area contributed by atoms with E-state index >= 15 is 0 Å². The Labute approximate surface area is 267 Å². The van der Waals surface area contributed by atoms with Gasteiger partial charge in [-0.25, -0.2) is 0 Å². The van der Waals surface area contributed by atoms with Gasteiger partial charge in [0.1, 0.15) is 0 Å². The molecule has 6 nitrogen and oxygen atoms in total. The summed E-state index contributed by atoms with van der Waals surface area (Å²) in [5, 5.41) is 0.896. The van der Waals surface area contributed by atoms with Gasteiger partial charge in [-0.1, -0.05) is 48.5 Å². The lowest BCUT2D eigenvalue weighted by Gasteiger charge is -2.42. The summed E-state index contributed by atoms with van der Waals surface area (Å²) in [6.07, 6.45) is -6.38. The summed E-state index contributed by atoms with van der Waals surface area (Å²) in [5.74, 6) is -0.584. The summed E-state index contributed by atoms with van der Waals surface area (Å²) in [4.78, 5) is 35.5. The van der Waals surface area contributed by atoms with Crippen LogP contribution in [0.4, 0.5) is 26.3 Å². The van der Waals surface area contributed by atoms with Crippen LogP contribution in [0.2, 0.25) is 0 Å². The number of piperazine rings is 1. The predicted octanol–water partition coefficient (Wildman–Crippen LogP) is 6.98. The molecule has 2 aliphatic rings. The molecule has 1 N–H and O–H groups in total. The number of H-pyrrole nitrogens is 1. The average molecular weight is 657 g/mol. The number of amides is 2. The van der Waals surface area contributed by atoms with Gasteiger partial charge >= 0.3 is 12.4 Å². The lowest BCUT2D eigenvalue weighted by Crippen LogP contribution is -2.57. The summed E-state index contributed by atoms with van der Waals surface area (Å²) >= 11 is 0. The fraction of sp³-hybridized carbons (Fsp3) is 0.371. The number of fused-ring (bicyclic) bond motifs is 1. The van der Waals surface area contributed by atoms with Gasteiger partial charge in [0.2, 0.25) is 5.91 Å². The van der Waals surface area contributed by atoms with Crippen molar-refractivity contribution in [3.05, 3.63) is 107 Å². The second-order valence-electron chi connectivity index (χ2n) is 12.3. The molecule has 0 saturated carbocycles. The van der Waals surface area contributed by atoms with Crippen LogP contribution in [0.25, 0.3) is 10.9 Å². The van der Waals surface area contributed by atoms with Gasteiger partial charge in [0.15, 0.2) is 0 Å². The minimum atomic E-state index is -5.08. The van der Waals surface area contributed by atoms with E-state index in [0.717, 1.165) is 29.3 Å². The number of alkyl halides is 6. The third kappa shape index (κ3) is 7.32. The maximum absolute atomic E-state index is 13.8. The zero-order valence-corrected chi connectivity index (χ0v) is 25.5. The van der Waals surface area contributed by atoms with Crippen molar-refractivity contribution in [3.8, 4) is 0 Å². The van der Waals surface area contributed by atoms with Gasteiger partial charge in [0, 0.05) is 61.4 Å². The van der Waals surface area contributed by atoms with Crippen molar-refractivity contribution in [1.29, 1.82) is 0 Å². The molecule has 47 heavy (non-hydrogen) atoms. The van der Waals surface area contributed by atoms with Gasteiger partial charge in [-0.3, -0.25) is 14.5 Å². The molecular formula is C35H34F6N4O2. The fourth-order valence-electron chi connectivity index (χ4n) is 6.78. The number of aromatic amines is 1. The Morgan fingerprint density at radius 1 is 0.787 bits per heavy atom. The Balaban J connectivity index is 1.21. The van der Waals surface area contributed by atoms with Crippen LogP contribution in [-0.4, -0.2) is 76.8 Å². The molecule has 248 valence electrons. The number of carbonyl (C=O) groups is 2. The lowest BCUT2D eigenvalue weighted by molar-refractivity contribution is -0.143. The number of nitrogens with zero attached hydrogens (tertiary/aromatic N) is 3. The minimum absolute atomic E-state index is 0.0202. The summed E-state index contributed by atoms with van der Waals surface area (Å²) in [5.41, 5.74) is -0.798. The normalized spacial score (nSPS) is 18.6. The number of benzene rings is 3. The first kappa shape index (κ1) is 32.6. The van der Waals surface area contributed by atoms with Crippen LogP contribution < -0.4 is 0 Å². The highest BCUT2D eigenvalue weighted by molar-refractivity contribution is 5.95. The average Bonchev–Trinajstić information content (AvgIpc) is 3.46. The monoisotopic (exact) mass is 656 g/mol. The van der Waals surface area contributed by atoms with Crippen molar-refractivity contribution in [2.24, 2.45) is 0 Å². The molecule has 0 unspecified atom stereocenters. The van der Waals surface area contributed by atoms with E-state index in [4.69, 9.17) is 0 Å². The molecule has 0 spiro atoms. The smallest absolute Gasteiger partial charge is 0.361 e. The van der Waals surface area contributed by atoms with Crippen LogP contribution in [0.15, 0.2) is 79.0 Å². The molecule has 0 aliphatic carbocycles. The van der Waals surface area contributed by atoms with Crippen molar-refractivity contribution in [2.45, 2.75) is 43.6 Å². The molecule has 0 bridgehead atoms. The van der Waals surface area contributed by atoms with E-state index in [1.165, 1.54) is 10.5 Å². The molecule has 2 saturated heterocycles. The number of nitrogens with one attached hydrogen (secondary N) is 1. The number of piperidine rings is 1. The zero-order valence-electron chi connectivity index (χ0n) is 25.5. The van der Waals surface area contributed by atoms with Crippen molar-refractivity contribution in [1.82, 2.24) is 19.7 Å². The largest absolute Gasteiger partial charge is 0.416 e. The van der Waals surface area contributed by atoms with Gasteiger partial charge in [-0.2, -0.15) is 26.3 Å². The minimum Gasteiger partial charge on any atom is -0.361 e. The van der Waals surface area contributed by atoms with Gasteiger partial charge in [-0.05, 0) is 60.6 Å². The topological polar surface area (TPSA) is 59.7 Å². The number of hydrogen-bond donors (Lipinski definition) is 1. The maximum atomic E-state index is 13.8. The first-order valence-electron chi connectivity index (χ1n) is 15.6. The highest BCUT2D eigenvalue weighted by atomic mass is 19.4. The molecule has 3 aromatic carbocycles. The van der Waals surface area contributed by atoms with Crippen molar-refractivity contribution in [2.75, 3.05) is 39.3 Å². The van der Waals surface area contributed by atoms with E-state index in [-0.39, 0.29) is 44.6 Å². The molecule has 2 amide bonds. The number of rotatable bonds is 6. The number of aromatic nitrogens is 1. The highest BCUT2D eigenvalue weighted by Crippen LogP contribution is 2.37. The van der Waals surface area contributed by atoms with E-state index in [2.05, 4.69) is 17.1 Å². The van der Waals surface area contributed by atoms with Crippen LogP contribution >= 0.6 is 0 Å². The Morgan fingerprint density at radius 3 is 2.09 bits per heavy atom. The maximum Gasteiger partial charge on any atom is 0.416 e. The highest BCUT2D eigenvalue weighted by Gasteiger charge is 2.39. The summed E-state index contributed by atoms with van der Waals surface area (Å²) in [7, 11) is 0. The molecule has 1 aromatic heterocycles. The molecule has 3 heterocycles. The molecule has 2 aliphatic heterocycles. The lowest BCUT2D eigenvalue weighted by atomic mass is 9.89. The zero-order chi connectivity index (χ0) is 33.3. The third-order valence-electron chi connectivity index (χ3n) is 9.27. The van der Waals surface area contributed by atoms with E-state index in [9.17, 15) is 35.9 Å². The SMILES string of the molecule is O=C(CN1CCN(C(=O)c2cc(C(F)(F)F)cc(C(F)(F)F)c2)[C@H](Cc2c[nH]c3ccccc23)C1)N1CCC(c2ccccc2)CC1. The molecule has 2 fully saturated rings. The van der Waals surface area contributed by atoms with Gasteiger partial charge < -0.3 is 14.8 Å². The summed E-state index contributed by atoms with van der Waals surface area (Å²) in [6.45, 7) is 1.84. The van der Waals surface area contributed by atoms with Crippen LogP contribution in [0, 0.1) is 0 Å². The molecule has 12 heteroatoms. The van der Waals surface area contributed by atoms with E-state index in [1.807, 2.05) is 52.3 Å². The van der Waals surface area contributed by atoms with E-state index < -0.39 is 41.0 Å². The fourth-order valence-corrected chi connectivity index (χ4v) is 6.78. The first-order valence-corrected chi connectivity index (χ1v) is 15.6.